The van der Waals surface area contributed by atoms with Crippen LogP contribution in [0.5, 0.6) is 5.75 Å². The predicted octanol–water partition coefficient (Wildman–Crippen LogP) is 5.94. The lowest BCUT2D eigenvalue weighted by atomic mass is 10.1. The first-order valence-corrected chi connectivity index (χ1v) is 12.4. The van der Waals surface area contributed by atoms with E-state index in [4.69, 9.17) is 0 Å². The maximum atomic E-state index is 12.7. The number of para-hydroxylation sites is 1. The zero-order valence-corrected chi connectivity index (χ0v) is 19.4. The van der Waals surface area contributed by atoms with Gasteiger partial charge in [-0.1, -0.05) is 31.2 Å². The van der Waals surface area contributed by atoms with Crippen molar-refractivity contribution in [1.82, 2.24) is 0 Å². The first-order chi connectivity index (χ1) is 16.0. The number of aryl methyl sites for hydroxylation is 1. The third-order valence-electron chi connectivity index (χ3n) is 4.70. The standard InChI is InChI=1S/C23H20F3NO5S2/c1-2-15-7-12-19(13-20(15)22(28)29)34(30,31)27-17-8-10-18(11-9-17)33-14-16-5-3-4-6-21(16)32-23(24,25)26/h3-13,27H,2,14H2,1H3,(H,28,29). The van der Waals surface area contributed by atoms with Crippen LogP contribution in [0.15, 0.2) is 76.5 Å². The molecule has 0 amide bonds. The van der Waals surface area contributed by atoms with Gasteiger partial charge in [0.2, 0.25) is 0 Å². The number of sulfonamides is 1. The summed E-state index contributed by atoms with van der Waals surface area (Å²) in [5.74, 6) is -1.28. The summed E-state index contributed by atoms with van der Waals surface area (Å²) in [5, 5.41) is 9.33. The fourth-order valence-electron chi connectivity index (χ4n) is 3.07. The van der Waals surface area contributed by atoms with Crippen molar-refractivity contribution < 1.29 is 36.2 Å². The van der Waals surface area contributed by atoms with E-state index >= 15 is 0 Å². The molecule has 0 saturated heterocycles. The van der Waals surface area contributed by atoms with E-state index in [1.807, 2.05) is 0 Å². The fraction of sp³-hybridized carbons (Fsp3) is 0.174. The predicted molar refractivity (Wildman–Crippen MR) is 123 cm³/mol. The number of carboxylic acid groups (broad SMARTS) is 1. The molecule has 0 aliphatic rings. The summed E-state index contributed by atoms with van der Waals surface area (Å²) in [6.45, 7) is 1.77. The first kappa shape index (κ1) is 25.4. The van der Waals surface area contributed by atoms with Crippen LogP contribution in [0.2, 0.25) is 0 Å². The molecule has 0 aliphatic heterocycles. The number of carbonyl (C=O) groups is 1. The number of rotatable bonds is 9. The van der Waals surface area contributed by atoms with Gasteiger partial charge >= 0.3 is 12.3 Å². The van der Waals surface area contributed by atoms with Crippen molar-refractivity contribution in [3.63, 3.8) is 0 Å². The molecule has 0 unspecified atom stereocenters. The first-order valence-electron chi connectivity index (χ1n) is 9.94. The Balaban J connectivity index is 1.70. The topological polar surface area (TPSA) is 92.7 Å². The minimum absolute atomic E-state index is 0.0769. The molecule has 3 aromatic carbocycles. The van der Waals surface area contributed by atoms with Crippen molar-refractivity contribution in [2.24, 2.45) is 0 Å². The normalized spacial score (nSPS) is 11.8. The summed E-state index contributed by atoms with van der Waals surface area (Å²) in [6.07, 6.45) is -4.34. The number of halogens is 3. The molecule has 0 saturated carbocycles. The molecule has 0 bridgehead atoms. The van der Waals surface area contributed by atoms with Crippen LogP contribution in [-0.4, -0.2) is 25.9 Å². The molecule has 0 spiro atoms. The number of anilines is 1. The number of thioether (sulfide) groups is 1. The Kier molecular flexibility index (Phi) is 7.78. The third-order valence-corrected chi connectivity index (χ3v) is 7.14. The summed E-state index contributed by atoms with van der Waals surface area (Å²) < 4.78 is 69.6. The Morgan fingerprint density at radius 2 is 1.71 bits per heavy atom. The Morgan fingerprint density at radius 3 is 2.32 bits per heavy atom. The van der Waals surface area contributed by atoms with Crippen molar-refractivity contribution in [1.29, 1.82) is 0 Å². The second kappa shape index (κ2) is 10.4. The summed E-state index contributed by atoms with van der Waals surface area (Å²) in [5.41, 5.74) is 1.06. The number of hydrogen-bond acceptors (Lipinski definition) is 5. The molecule has 180 valence electrons. The molecule has 34 heavy (non-hydrogen) atoms. The van der Waals surface area contributed by atoms with Crippen LogP contribution in [0.4, 0.5) is 18.9 Å². The lowest BCUT2D eigenvalue weighted by Gasteiger charge is -2.13. The number of alkyl halides is 3. The van der Waals surface area contributed by atoms with Gasteiger partial charge in [-0.25, -0.2) is 13.2 Å². The van der Waals surface area contributed by atoms with Crippen LogP contribution in [0.3, 0.4) is 0 Å². The lowest BCUT2D eigenvalue weighted by Crippen LogP contribution is -2.18. The van der Waals surface area contributed by atoms with Gasteiger partial charge < -0.3 is 9.84 Å². The number of nitrogens with one attached hydrogen (secondary N) is 1. The van der Waals surface area contributed by atoms with E-state index in [1.54, 1.807) is 25.1 Å². The van der Waals surface area contributed by atoms with Crippen LogP contribution in [0, 0.1) is 0 Å². The van der Waals surface area contributed by atoms with E-state index in [0.717, 1.165) is 6.07 Å². The van der Waals surface area contributed by atoms with E-state index in [1.165, 1.54) is 54.2 Å². The van der Waals surface area contributed by atoms with Crippen LogP contribution >= 0.6 is 11.8 Å². The fourth-order valence-corrected chi connectivity index (χ4v) is 5.05. The molecular weight excluding hydrogens is 491 g/mol. The van der Waals surface area contributed by atoms with Crippen molar-refractivity contribution >= 4 is 33.4 Å². The molecule has 3 rings (SSSR count). The quantitative estimate of drug-likeness (QED) is 0.346. The van der Waals surface area contributed by atoms with Crippen LogP contribution in [-0.2, 0) is 22.2 Å². The Labute approximate surface area is 198 Å². The molecule has 6 nitrogen and oxygen atoms in total. The minimum Gasteiger partial charge on any atom is -0.478 e. The molecule has 3 aromatic rings. The van der Waals surface area contributed by atoms with E-state index in [2.05, 4.69) is 9.46 Å². The maximum Gasteiger partial charge on any atom is 0.573 e. The van der Waals surface area contributed by atoms with Gasteiger partial charge in [0.25, 0.3) is 10.0 Å². The monoisotopic (exact) mass is 511 g/mol. The molecular formula is C23H20F3NO5S2. The zero-order valence-electron chi connectivity index (χ0n) is 17.8. The minimum atomic E-state index is -4.79. The highest BCUT2D eigenvalue weighted by Crippen LogP contribution is 2.32. The van der Waals surface area contributed by atoms with E-state index < -0.39 is 22.4 Å². The second-order valence-corrected chi connectivity index (χ2v) is 9.78. The maximum absolute atomic E-state index is 12.7. The number of carboxylic acids is 1. The smallest absolute Gasteiger partial charge is 0.478 e. The zero-order chi connectivity index (χ0) is 24.9. The van der Waals surface area contributed by atoms with Crippen LogP contribution in [0.25, 0.3) is 0 Å². The third kappa shape index (κ3) is 6.67. The Bertz CT molecular complexity index is 1280. The second-order valence-electron chi connectivity index (χ2n) is 7.05. The van der Waals surface area contributed by atoms with Gasteiger partial charge in [0.15, 0.2) is 0 Å². The van der Waals surface area contributed by atoms with E-state index in [0.29, 0.717) is 22.4 Å². The van der Waals surface area contributed by atoms with Gasteiger partial charge in [-0.2, -0.15) is 0 Å². The SMILES string of the molecule is CCc1ccc(S(=O)(=O)Nc2ccc(SCc3ccccc3OC(F)(F)F)cc2)cc1C(=O)O. The average molecular weight is 512 g/mol. The van der Waals surface area contributed by atoms with Crippen molar-refractivity contribution in [3.05, 3.63) is 83.4 Å². The van der Waals surface area contributed by atoms with Crippen molar-refractivity contribution in [2.45, 2.75) is 35.3 Å². The summed E-state index contributed by atoms with van der Waals surface area (Å²) in [7, 11) is -4.03. The number of hydrogen-bond donors (Lipinski definition) is 2. The highest BCUT2D eigenvalue weighted by Gasteiger charge is 2.32. The van der Waals surface area contributed by atoms with Gasteiger partial charge in [-0.15, -0.1) is 24.9 Å². The lowest BCUT2D eigenvalue weighted by molar-refractivity contribution is -0.274. The summed E-state index contributed by atoms with van der Waals surface area (Å²) in [6, 6.07) is 16.0. The van der Waals surface area contributed by atoms with Gasteiger partial charge in [0.05, 0.1) is 10.5 Å². The highest BCUT2D eigenvalue weighted by molar-refractivity contribution is 7.98. The average Bonchev–Trinajstić information content (AvgIpc) is 2.77. The Hall–Kier alpha value is -3.18. The van der Waals surface area contributed by atoms with E-state index in [-0.39, 0.29) is 27.6 Å². The highest BCUT2D eigenvalue weighted by atomic mass is 32.2. The number of benzene rings is 3. The van der Waals surface area contributed by atoms with E-state index in [9.17, 15) is 31.5 Å². The summed E-state index contributed by atoms with van der Waals surface area (Å²) in [4.78, 5) is 11.9. The largest absolute Gasteiger partial charge is 0.573 e. The molecule has 0 aromatic heterocycles. The van der Waals surface area contributed by atoms with Crippen molar-refractivity contribution in [3.8, 4) is 5.75 Å². The van der Waals surface area contributed by atoms with Crippen LogP contribution < -0.4 is 9.46 Å². The summed E-state index contributed by atoms with van der Waals surface area (Å²) >= 11 is 1.26. The molecule has 11 heteroatoms. The number of aromatic carboxylic acids is 1. The van der Waals surface area contributed by atoms with Gasteiger partial charge in [-0.05, 0) is 54.4 Å². The van der Waals surface area contributed by atoms with Gasteiger partial charge in [0, 0.05) is 21.9 Å². The Morgan fingerprint density at radius 1 is 1.03 bits per heavy atom. The van der Waals surface area contributed by atoms with Gasteiger partial charge in [-0.3, -0.25) is 4.72 Å². The molecule has 0 atom stereocenters. The van der Waals surface area contributed by atoms with Crippen LogP contribution in [0.1, 0.15) is 28.4 Å². The molecule has 0 heterocycles. The van der Waals surface area contributed by atoms with Gasteiger partial charge in [0.1, 0.15) is 5.75 Å². The number of ether oxygens (including phenoxy) is 1. The molecule has 0 aliphatic carbocycles. The van der Waals surface area contributed by atoms with Crippen molar-refractivity contribution in [2.75, 3.05) is 4.72 Å². The molecule has 0 fully saturated rings. The molecule has 2 N–H and O–H groups in total. The molecule has 0 radical (unpaired) electrons.